The molecule has 1 aromatic carbocycles. The number of fused-ring (bicyclic) bond motifs is 2. The number of hydrogen-bond acceptors (Lipinski definition) is 3. The quantitative estimate of drug-likeness (QED) is 0.619. The number of esters is 1. The van der Waals surface area contributed by atoms with E-state index in [-0.39, 0.29) is 29.8 Å². The Balaban J connectivity index is 1.93. The lowest BCUT2D eigenvalue weighted by atomic mass is 9.74. The molecule has 0 saturated carbocycles. The van der Waals surface area contributed by atoms with Crippen molar-refractivity contribution in [2.75, 3.05) is 6.61 Å². The number of hydrogen-bond donors (Lipinski definition) is 0. The molecule has 1 aromatic rings. The number of amides is 1. The number of likely N-dealkylation sites (tertiary alicyclic amines) is 1. The van der Waals surface area contributed by atoms with Crippen molar-refractivity contribution in [2.45, 2.75) is 33.4 Å². The fraction of sp³-hybridized carbons (Fsp3) is 0.474. The van der Waals surface area contributed by atoms with Crippen LogP contribution in [0.2, 0.25) is 5.02 Å². The summed E-state index contributed by atoms with van der Waals surface area (Å²) >= 11 is 5.94. The van der Waals surface area contributed by atoms with Crippen LogP contribution in [0.5, 0.6) is 0 Å². The Morgan fingerprint density at radius 2 is 1.96 bits per heavy atom. The van der Waals surface area contributed by atoms with Crippen molar-refractivity contribution in [3.8, 4) is 0 Å². The second kappa shape index (κ2) is 6.60. The smallest absolute Gasteiger partial charge is 0.312 e. The van der Waals surface area contributed by atoms with Crippen molar-refractivity contribution in [3.05, 3.63) is 46.5 Å². The molecule has 2 bridgehead atoms. The third-order valence-electron chi connectivity index (χ3n) is 5.01. The molecule has 0 unspecified atom stereocenters. The van der Waals surface area contributed by atoms with E-state index >= 15 is 0 Å². The molecule has 24 heavy (non-hydrogen) atoms. The highest BCUT2D eigenvalue weighted by atomic mass is 35.5. The summed E-state index contributed by atoms with van der Waals surface area (Å²) in [5.74, 6) is -0.930. The van der Waals surface area contributed by atoms with E-state index < -0.39 is 5.92 Å². The van der Waals surface area contributed by atoms with E-state index in [4.69, 9.17) is 16.3 Å². The number of carbonyl (C=O) groups is 2. The van der Waals surface area contributed by atoms with Crippen LogP contribution in [0.15, 0.2) is 35.9 Å². The summed E-state index contributed by atoms with van der Waals surface area (Å²) in [6, 6.07) is 7.25. The fourth-order valence-corrected chi connectivity index (χ4v) is 4.17. The van der Waals surface area contributed by atoms with Crippen molar-refractivity contribution in [1.29, 1.82) is 0 Å². The minimum absolute atomic E-state index is 0.0357. The summed E-state index contributed by atoms with van der Waals surface area (Å²) in [6.07, 6.45) is 2.12. The number of halogens is 1. The fourth-order valence-electron chi connectivity index (χ4n) is 4.05. The Morgan fingerprint density at radius 3 is 2.58 bits per heavy atom. The lowest BCUT2D eigenvalue weighted by molar-refractivity contribution is -0.151. The number of rotatable bonds is 4. The maximum atomic E-state index is 13.0. The zero-order chi connectivity index (χ0) is 17.4. The van der Waals surface area contributed by atoms with E-state index in [1.165, 1.54) is 0 Å². The number of allylic oxidation sites excluding steroid dienone is 1. The van der Waals surface area contributed by atoms with E-state index in [2.05, 4.69) is 6.08 Å². The van der Waals surface area contributed by atoms with Crippen molar-refractivity contribution < 1.29 is 14.3 Å². The third-order valence-corrected chi connectivity index (χ3v) is 5.27. The molecule has 0 aromatic heterocycles. The summed E-state index contributed by atoms with van der Waals surface area (Å²) in [5, 5.41) is 0.666. The van der Waals surface area contributed by atoms with E-state index in [1.54, 1.807) is 6.92 Å². The van der Waals surface area contributed by atoms with Gasteiger partial charge in [-0.25, -0.2) is 0 Å². The highest BCUT2D eigenvalue weighted by Crippen LogP contribution is 2.45. The summed E-state index contributed by atoms with van der Waals surface area (Å²) in [4.78, 5) is 27.3. The first kappa shape index (κ1) is 17.0. The van der Waals surface area contributed by atoms with Gasteiger partial charge in [0, 0.05) is 11.6 Å². The number of nitrogens with zero attached hydrogens (tertiary/aromatic N) is 1. The molecule has 3 rings (SSSR count). The monoisotopic (exact) mass is 347 g/mol. The maximum Gasteiger partial charge on any atom is 0.312 e. The standard InChI is InChI=1S/C19H22ClNO3/c1-4-24-19(23)16-15-11(2)9-12(3)17(16)21(18(15)22)10-13-5-7-14(20)8-6-13/h5-9,11,15-17H,4,10H2,1-3H3/t11-,15-,16+,17-/m0/s1. The molecule has 0 spiro atoms. The van der Waals surface area contributed by atoms with E-state index in [0.29, 0.717) is 18.2 Å². The molecule has 128 valence electrons. The molecule has 5 heteroatoms. The minimum atomic E-state index is -0.412. The second-order valence-corrected chi connectivity index (χ2v) is 7.05. The zero-order valence-electron chi connectivity index (χ0n) is 14.2. The number of carbonyl (C=O) groups excluding carboxylic acids is 2. The molecular weight excluding hydrogens is 326 g/mol. The van der Waals surface area contributed by atoms with Crippen LogP contribution < -0.4 is 0 Å². The van der Waals surface area contributed by atoms with Gasteiger partial charge in [-0.1, -0.05) is 42.3 Å². The minimum Gasteiger partial charge on any atom is -0.466 e. The van der Waals surface area contributed by atoms with Gasteiger partial charge < -0.3 is 9.64 Å². The maximum absolute atomic E-state index is 13.0. The molecule has 4 atom stereocenters. The van der Waals surface area contributed by atoms with Gasteiger partial charge >= 0.3 is 5.97 Å². The van der Waals surface area contributed by atoms with Crippen LogP contribution in [-0.4, -0.2) is 29.4 Å². The predicted molar refractivity (Wildman–Crippen MR) is 92.3 cm³/mol. The van der Waals surface area contributed by atoms with Crippen molar-refractivity contribution in [2.24, 2.45) is 17.8 Å². The molecule has 1 fully saturated rings. The summed E-state index contributed by atoms with van der Waals surface area (Å²) in [5.41, 5.74) is 2.07. The first-order chi connectivity index (χ1) is 11.4. The van der Waals surface area contributed by atoms with E-state index in [1.807, 2.05) is 43.0 Å². The lowest BCUT2D eigenvalue weighted by Gasteiger charge is -2.31. The topological polar surface area (TPSA) is 46.6 Å². The molecule has 1 aliphatic carbocycles. The van der Waals surface area contributed by atoms with E-state index in [0.717, 1.165) is 11.1 Å². The Morgan fingerprint density at radius 1 is 1.29 bits per heavy atom. The van der Waals surface area contributed by atoms with Crippen molar-refractivity contribution >= 4 is 23.5 Å². The Hall–Kier alpha value is -1.81. The van der Waals surface area contributed by atoms with Gasteiger partial charge in [-0.3, -0.25) is 9.59 Å². The van der Waals surface area contributed by atoms with Crippen LogP contribution in [0, 0.1) is 17.8 Å². The molecule has 1 saturated heterocycles. The average molecular weight is 348 g/mol. The lowest BCUT2D eigenvalue weighted by Crippen LogP contribution is -2.40. The summed E-state index contributed by atoms with van der Waals surface area (Å²) < 4.78 is 5.26. The van der Waals surface area contributed by atoms with Gasteiger partial charge in [0.25, 0.3) is 0 Å². The van der Waals surface area contributed by atoms with Crippen LogP contribution in [-0.2, 0) is 20.9 Å². The van der Waals surface area contributed by atoms with Crippen LogP contribution in [0.1, 0.15) is 26.3 Å². The SMILES string of the molecule is CCOC(=O)[C@@H]1[C@H]2C(=O)N(Cc3ccc(Cl)cc3)[C@H]1C(C)=C[C@@H]2C. The van der Waals surface area contributed by atoms with Crippen LogP contribution in [0.4, 0.5) is 0 Å². The van der Waals surface area contributed by atoms with E-state index in [9.17, 15) is 9.59 Å². The number of ether oxygens (including phenoxy) is 1. The average Bonchev–Trinajstić information content (AvgIpc) is 2.78. The molecule has 2 aliphatic rings. The predicted octanol–water partition coefficient (Wildman–Crippen LogP) is 3.44. The van der Waals surface area contributed by atoms with Gasteiger partial charge in [0.15, 0.2) is 0 Å². The molecule has 1 heterocycles. The third kappa shape index (κ3) is 2.84. The van der Waals surface area contributed by atoms with Gasteiger partial charge in [-0.05, 0) is 37.5 Å². The molecule has 4 nitrogen and oxygen atoms in total. The summed E-state index contributed by atoms with van der Waals surface area (Å²) in [7, 11) is 0. The molecule has 0 N–H and O–H groups in total. The normalized spacial score (nSPS) is 28.8. The molecule has 1 aliphatic heterocycles. The largest absolute Gasteiger partial charge is 0.466 e. The zero-order valence-corrected chi connectivity index (χ0v) is 14.9. The highest BCUT2D eigenvalue weighted by molar-refractivity contribution is 6.30. The highest BCUT2D eigenvalue weighted by Gasteiger charge is 2.56. The second-order valence-electron chi connectivity index (χ2n) is 6.61. The Kier molecular flexibility index (Phi) is 4.68. The summed E-state index contributed by atoms with van der Waals surface area (Å²) in [6.45, 7) is 6.60. The molecular formula is C19H22ClNO3. The first-order valence-corrected chi connectivity index (χ1v) is 8.71. The van der Waals surface area contributed by atoms with Crippen LogP contribution in [0.25, 0.3) is 0 Å². The molecule has 1 amide bonds. The van der Waals surface area contributed by atoms with Gasteiger partial charge in [0.1, 0.15) is 0 Å². The van der Waals surface area contributed by atoms with Crippen LogP contribution in [0.3, 0.4) is 0 Å². The van der Waals surface area contributed by atoms with Gasteiger partial charge in [0.2, 0.25) is 5.91 Å². The van der Waals surface area contributed by atoms with Crippen LogP contribution >= 0.6 is 11.6 Å². The Bertz CT molecular complexity index is 682. The van der Waals surface area contributed by atoms with Gasteiger partial charge in [-0.2, -0.15) is 0 Å². The van der Waals surface area contributed by atoms with Crippen molar-refractivity contribution in [1.82, 2.24) is 4.90 Å². The molecule has 0 radical (unpaired) electrons. The van der Waals surface area contributed by atoms with Gasteiger partial charge in [-0.15, -0.1) is 0 Å². The first-order valence-electron chi connectivity index (χ1n) is 8.34. The number of benzene rings is 1. The van der Waals surface area contributed by atoms with Crippen molar-refractivity contribution in [3.63, 3.8) is 0 Å². The van der Waals surface area contributed by atoms with Gasteiger partial charge in [0.05, 0.1) is 24.5 Å². The Labute approximate surface area is 147 Å².